The van der Waals surface area contributed by atoms with E-state index in [0.717, 1.165) is 5.75 Å². The average molecular weight is 277 g/mol. The molecule has 1 aromatic heterocycles. The first-order valence-electron chi connectivity index (χ1n) is 4.35. The molecule has 0 unspecified atom stereocenters. The fourth-order valence-electron chi connectivity index (χ4n) is 1.16. The number of halogens is 1. The molecule has 0 spiro atoms. The molecule has 7 heteroatoms. The van der Waals surface area contributed by atoms with Crippen LogP contribution in [0.5, 0.6) is 5.75 Å². The Morgan fingerprint density at radius 1 is 1.06 bits per heavy atom. The van der Waals surface area contributed by atoms with Gasteiger partial charge in [-0.1, -0.05) is 0 Å². The lowest BCUT2D eigenvalue weighted by atomic mass is 10.2. The van der Waals surface area contributed by atoms with Crippen LogP contribution in [0.15, 0.2) is 35.0 Å². The number of methoxy groups -OCH3 is 1. The Balaban J connectivity index is 0.000000249. The van der Waals surface area contributed by atoms with Crippen molar-refractivity contribution < 1.29 is 33.6 Å². The largest absolute Gasteiger partial charge is 0.497 e. The summed E-state index contributed by atoms with van der Waals surface area (Å²) in [6.45, 7) is 0. The van der Waals surface area contributed by atoms with Crippen LogP contribution in [0.4, 0.5) is 0 Å². The number of fused-ring (bicyclic) bond motifs is 1. The van der Waals surface area contributed by atoms with Crippen LogP contribution < -0.4 is 23.4 Å². The van der Waals surface area contributed by atoms with Crippen molar-refractivity contribution in [1.29, 1.82) is 0 Å². The summed E-state index contributed by atoms with van der Waals surface area (Å²) in [4.78, 5) is 0. The highest BCUT2D eigenvalue weighted by molar-refractivity contribution is 7.08. The topological polar surface area (TPSA) is 101 Å². The van der Waals surface area contributed by atoms with Crippen LogP contribution in [0.2, 0.25) is 0 Å². The molecule has 0 bridgehead atoms. The summed E-state index contributed by atoms with van der Waals surface area (Å²) in [5.74, 6) is 0.915. The van der Waals surface area contributed by atoms with Gasteiger partial charge in [-0.05, 0) is 23.6 Å². The Morgan fingerprint density at radius 3 is 2.29 bits per heavy atom. The van der Waals surface area contributed by atoms with Crippen LogP contribution >= 0.6 is 11.3 Å². The Hall–Kier alpha value is -1.02. The van der Waals surface area contributed by atoms with E-state index in [0.29, 0.717) is 0 Å². The van der Waals surface area contributed by atoms with E-state index < -0.39 is 10.2 Å². The molecule has 0 aliphatic carbocycles. The first-order chi connectivity index (χ1) is 7.90. The third kappa shape index (κ3) is 5.73. The molecule has 17 heavy (non-hydrogen) atoms. The number of hydrogen-bond donors (Lipinski definition) is 0. The number of hydrogen-bond acceptors (Lipinski definition) is 5. The molecule has 1 heterocycles. The maximum Gasteiger partial charge on any atom is 0.212 e. The zero-order chi connectivity index (χ0) is 12.9. The van der Waals surface area contributed by atoms with Gasteiger partial charge in [0.15, 0.2) is 5.38 Å². The second-order valence-electron chi connectivity index (χ2n) is 2.93. The van der Waals surface area contributed by atoms with Crippen LogP contribution in [-0.4, -0.2) is 7.11 Å². The summed E-state index contributed by atoms with van der Waals surface area (Å²) in [6.07, 6.45) is 0. The second-order valence-corrected chi connectivity index (χ2v) is 4.47. The standard InChI is InChI=1S/C10H9OS.ClHO4/c1-11-10-3-2-9-7-12-5-4-8(9)6-10;2-1(3,4)5/h2-7H,1H3;(H,2,3,4,5)/q+1;/p-1. The summed E-state index contributed by atoms with van der Waals surface area (Å²) < 4.78 is 39.1. The molecule has 0 atom stereocenters. The van der Waals surface area contributed by atoms with Crippen molar-refractivity contribution in [2.45, 2.75) is 0 Å². The van der Waals surface area contributed by atoms with Gasteiger partial charge in [-0.3, -0.25) is 0 Å². The van der Waals surface area contributed by atoms with Crippen LogP contribution in [0.1, 0.15) is 0 Å². The maximum absolute atomic E-state index is 8.49. The Morgan fingerprint density at radius 2 is 1.71 bits per heavy atom. The zero-order valence-electron chi connectivity index (χ0n) is 8.79. The Kier molecular flexibility index (Phi) is 5.01. The fraction of sp³-hybridized carbons (Fsp3) is 0.100. The van der Waals surface area contributed by atoms with Gasteiger partial charge >= 0.3 is 0 Å². The predicted octanol–water partition coefficient (Wildman–Crippen LogP) is -1.56. The van der Waals surface area contributed by atoms with Crippen LogP contribution in [-0.2, 0) is 0 Å². The van der Waals surface area contributed by atoms with E-state index in [9.17, 15) is 0 Å². The van der Waals surface area contributed by atoms with Crippen molar-refractivity contribution in [3.05, 3.63) is 35.0 Å². The summed E-state index contributed by atoms with van der Waals surface area (Å²) in [7, 11) is -3.26. The van der Waals surface area contributed by atoms with E-state index >= 15 is 0 Å². The van der Waals surface area contributed by atoms with Crippen LogP contribution in [0, 0.1) is 10.2 Å². The molecule has 0 saturated carbocycles. The monoisotopic (exact) mass is 276 g/mol. The minimum atomic E-state index is -4.94. The van der Waals surface area contributed by atoms with Crippen LogP contribution in [0.3, 0.4) is 0 Å². The summed E-state index contributed by atoms with van der Waals surface area (Å²) in [5, 5.41) is 6.70. The fourth-order valence-corrected chi connectivity index (χ4v) is 1.82. The highest BCUT2D eigenvalue weighted by atomic mass is 35.7. The number of ether oxygens (including phenoxy) is 1. The van der Waals surface area contributed by atoms with Gasteiger partial charge in [0.25, 0.3) is 0 Å². The average Bonchev–Trinajstić information content (AvgIpc) is 2.26. The summed E-state index contributed by atoms with van der Waals surface area (Å²) >= 11 is 1.70. The molecular formula is C10H9ClO5S. The van der Waals surface area contributed by atoms with E-state index in [1.54, 1.807) is 18.4 Å². The molecule has 2 aromatic rings. The van der Waals surface area contributed by atoms with Gasteiger partial charge in [0.05, 0.1) is 7.11 Å². The first-order valence-corrected chi connectivity index (χ1v) is 6.53. The van der Waals surface area contributed by atoms with Gasteiger partial charge in [0, 0.05) is 11.5 Å². The smallest absolute Gasteiger partial charge is 0.212 e. The molecule has 0 fully saturated rings. The SMILES string of the molecule is COc1ccc2c[s+]ccc2c1.[O-][Cl+3]([O-])([O-])[O-]. The lowest BCUT2D eigenvalue weighted by molar-refractivity contribution is -2.00. The zero-order valence-corrected chi connectivity index (χ0v) is 10.4. The molecule has 92 valence electrons. The molecule has 2 rings (SSSR count). The quantitative estimate of drug-likeness (QED) is 0.586. The first kappa shape index (κ1) is 14.0. The molecule has 0 N–H and O–H groups in total. The third-order valence-corrected chi connectivity index (χ3v) is 2.50. The minimum absolute atomic E-state index is 0.915. The van der Waals surface area contributed by atoms with Gasteiger partial charge in [-0.2, -0.15) is 0 Å². The highest BCUT2D eigenvalue weighted by Gasteiger charge is 1.98. The van der Waals surface area contributed by atoms with E-state index in [1.807, 2.05) is 12.1 Å². The van der Waals surface area contributed by atoms with Crippen molar-refractivity contribution in [2.75, 3.05) is 7.11 Å². The second kappa shape index (κ2) is 6.06. The van der Waals surface area contributed by atoms with Gasteiger partial charge in [0.1, 0.15) is 5.75 Å². The van der Waals surface area contributed by atoms with Gasteiger partial charge in [-0.15, -0.1) is 10.2 Å². The van der Waals surface area contributed by atoms with E-state index in [2.05, 4.69) is 22.9 Å². The van der Waals surface area contributed by atoms with Crippen molar-refractivity contribution >= 4 is 22.1 Å². The predicted molar refractivity (Wildman–Crippen MR) is 52.8 cm³/mol. The van der Waals surface area contributed by atoms with Crippen molar-refractivity contribution in [1.82, 2.24) is 0 Å². The third-order valence-electron chi connectivity index (χ3n) is 1.82. The maximum atomic E-state index is 8.49. The van der Waals surface area contributed by atoms with E-state index in [1.165, 1.54) is 10.8 Å². The van der Waals surface area contributed by atoms with Crippen LogP contribution in [0.25, 0.3) is 10.8 Å². The molecule has 0 saturated heterocycles. The molecule has 0 amide bonds. The Bertz CT molecular complexity index is 479. The molecule has 0 aliphatic heterocycles. The van der Waals surface area contributed by atoms with Crippen molar-refractivity contribution in [2.24, 2.45) is 0 Å². The van der Waals surface area contributed by atoms with Gasteiger partial charge < -0.3 is 4.74 Å². The van der Waals surface area contributed by atoms with Crippen molar-refractivity contribution in [3.8, 4) is 5.75 Å². The summed E-state index contributed by atoms with van der Waals surface area (Å²) in [5.41, 5.74) is 0. The molecule has 0 radical (unpaired) electrons. The lowest BCUT2D eigenvalue weighted by Gasteiger charge is -2.17. The van der Waals surface area contributed by atoms with Crippen molar-refractivity contribution in [3.63, 3.8) is 0 Å². The molecule has 5 nitrogen and oxygen atoms in total. The summed E-state index contributed by atoms with van der Waals surface area (Å²) in [6, 6.07) is 8.20. The minimum Gasteiger partial charge on any atom is -0.497 e. The molecule has 0 aliphatic rings. The van der Waals surface area contributed by atoms with E-state index in [-0.39, 0.29) is 0 Å². The Labute approximate surface area is 104 Å². The van der Waals surface area contributed by atoms with Gasteiger partial charge in [-0.25, -0.2) is 18.6 Å². The lowest BCUT2D eigenvalue weighted by Crippen LogP contribution is -2.68. The molecular weight excluding hydrogens is 268 g/mol. The normalized spacial score (nSPS) is 10.6. The van der Waals surface area contributed by atoms with Gasteiger partial charge in [0.2, 0.25) is 16.7 Å². The number of rotatable bonds is 1. The van der Waals surface area contributed by atoms with E-state index in [4.69, 9.17) is 23.4 Å². The highest BCUT2D eigenvalue weighted by Crippen LogP contribution is 2.21. The molecule has 1 aromatic carbocycles. The number of benzene rings is 1.